The zero-order valence-corrected chi connectivity index (χ0v) is 14.6. The van der Waals surface area contributed by atoms with Gasteiger partial charge in [0.25, 0.3) is 0 Å². The predicted octanol–water partition coefficient (Wildman–Crippen LogP) is 5.47. The van der Waals surface area contributed by atoms with Crippen LogP contribution in [-0.4, -0.2) is 6.21 Å². The molecular formula is C20H17BrN2O. The Morgan fingerprint density at radius 2 is 1.62 bits per heavy atom. The first-order valence-electron chi connectivity index (χ1n) is 7.62. The van der Waals surface area contributed by atoms with Crippen molar-refractivity contribution in [3.63, 3.8) is 0 Å². The Morgan fingerprint density at radius 1 is 0.917 bits per heavy atom. The zero-order chi connectivity index (χ0) is 16.6. The lowest BCUT2D eigenvalue weighted by atomic mass is 10.2. The monoisotopic (exact) mass is 380 g/mol. The molecule has 0 fully saturated rings. The first kappa shape index (κ1) is 16.3. The van der Waals surface area contributed by atoms with E-state index in [1.807, 2.05) is 78.9 Å². The van der Waals surface area contributed by atoms with Crippen LogP contribution in [0, 0.1) is 0 Å². The number of nitrogens with one attached hydrogen (secondary N) is 1. The number of para-hydroxylation sites is 1. The second kappa shape index (κ2) is 8.31. The average molecular weight is 381 g/mol. The fourth-order valence-electron chi connectivity index (χ4n) is 2.14. The molecule has 4 heteroatoms. The highest BCUT2D eigenvalue weighted by atomic mass is 79.9. The fraction of sp³-hybridized carbons (Fsp3) is 0.0500. The Balaban J connectivity index is 1.65. The van der Waals surface area contributed by atoms with Gasteiger partial charge in [-0.2, -0.15) is 5.10 Å². The molecule has 0 radical (unpaired) electrons. The van der Waals surface area contributed by atoms with Crippen molar-refractivity contribution in [2.75, 3.05) is 5.43 Å². The maximum Gasteiger partial charge on any atom is 0.134 e. The highest BCUT2D eigenvalue weighted by molar-refractivity contribution is 9.10. The van der Waals surface area contributed by atoms with Crippen molar-refractivity contribution in [1.29, 1.82) is 0 Å². The molecule has 0 aliphatic rings. The molecule has 3 aromatic rings. The van der Waals surface area contributed by atoms with Crippen LogP contribution in [0.2, 0.25) is 0 Å². The lowest BCUT2D eigenvalue weighted by Crippen LogP contribution is -1.97. The van der Waals surface area contributed by atoms with Crippen LogP contribution in [0.5, 0.6) is 5.75 Å². The second-order valence-electron chi connectivity index (χ2n) is 5.20. The van der Waals surface area contributed by atoms with Gasteiger partial charge in [-0.05, 0) is 51.3 Å². The first-order chi connectivity index (χ1) is 11.8. The minimum atomic E-state index is 0.530. The zero-order valence-electron chi connectivity index (χ0n) is 13.0. The molecule has 120 valence electrons. The van der Waals surface area contributed by atoms with Gasteiger partial charge in [0.2, 0.25) is 0 Å². The van der Waals surface area contributed by atoms with E-state index >= 15 is 0 Å². The highest BCUT2D eigenvalue weighted by Gasteiger charge is 2.03. The van der Waals surface area contributed by atoms with Crippen LogP contribution in [0.4, 0.5) is 5.69 Å². The highest BCUT2D eigenvalue weighted by Crippen LogP contribution is 2.26. The molecule has 0 unspecified atom stereocenters. The maximum absolute atomic E-state index is 5.90. The summed E-state index contributed by atoms with van der Waals surface area (Å²) in [6.45, 7) is 0.530. The Labute approximate surface area is 150 Å². The summed E-state index contributed by atoms with van der Waals surface area (Å²) < 4.78 is 6.82. The quantitative estimate of drug-likeness (QED) is 0.454. The van der Waals surface area contributed by atoms with E-state index in [9.17, 15) is 0 Å². The number of hydrogen-bond donors (Lipinski definition) is 1. The van der Waals surface area contributed by atoms with Crippen LogP contribution in [-0.2, 0) is 6.61 Å². The van der Waals surface area contributed by atoms with E-state index in [2.05, 4.69) is 26.5 Å². The summed E-state index contributed by atoms with van der Waals surface area (Å²) in [6.07, 6.45) is 1.77. The molecule has 0 heterocycles. The Morgan fingerprint density at radius 3 is 2.38 bits per heavy atom. The standard InChI is InChI=1S/C20H17BrN2O/c21-19-12-11-17(14-22-23-18-9-5-2-6-10-18)13-20(19)24-15-16-7-3-1-4-8-16/h1-14,23H,15H2. The average Bonchev–Trinajstić information content (AvgIpc) is 2.64. The van der Waals surface area contributed by atoms with Gasteiger partial charge in [0.1, 0.15) is 12.4 Å². The molecule has 0 bridgehead atoms. The van der Waals surface area contributed by atoms with E-state index in [0.29, 0.717) is 6.61 Å². The Hall–Kier alpha value is -2.59. The van der Waals surface area contributed by atoms with Crippen LogP contribution in [0.15, 0.2) is 88.4 Å². The first-order valence-corrected chi connectivity index (χ1v) is 8.41. The van der Waals surface area contributed by atoms with Gasteiger partial charge in [-0.25, -0.2) is 0 Å². The fourth-order valence-corrected chi connectivity index (χ4v) is 2.50. The molecule has 0 aliphatic carbocycles. The van der Waals surface area contributed by atoms with Crippen molar-refractivity contribution in [3.8, 4) is 5.75 Å². The summed E-state index contributed by atoms with van der Waals surface area (Å²) in [7, 11) is 0. The molecule has 0 aromatic heterocycles. The Bertz CT molecular complexity index is 804. The van der Waals surface area contributed by atoms with Crippen LogP contribution in [0.1, 0.15) is 11.1 Å². The van der Waals surface area contributed by atoms with E-state index in [4.69, 9.17) is 4.74 Å². The molecule has 0 saturated carbocycles. The van der Waals surface area contributed by atoms with Gasteiger partial charge in [-0.3, -0.25) is 5.43 Å². The summed E-state index contributed by atoms with van der Waals surface area (Å²) in [4.78, 5) is 0. The molecule has 3 nitrogen and oxygen atoms in total. The lowest BCUT2D eigenvalue weighted by molar-refractivity contribution is 0.304. The minimum Gasteiger partial charge on any atom is -0.488 e. The number of anilines is 1. The van der Waals surface area contributed by atoms with E-state index in [1.165, 1.54) is 0 Å². The number of rotatable bonds is 6. The Kier molecular flexibility index (Phi) is 5.64. The van der Waals surface area contributed by atoms with Crippen molar-refractivity contribution < 1.29 is 4.74 Å². The maximum atomic E-state index is 5.90. The SMILES string of the molecule is Brc1ccc(C=NNc2ccccc2)cc1OCc1ccccc1. The molecular weight excluding hydrogens is 364 g/mol. The third-order valence-corrected chi connectivity index (χ3v) is 4.03. The van der Waals surface area contributed by atoms with E-state index < -0.39 is 0 Å². The van der Waals surface area contributed by atoms with Crippen molar-refractivity contribution in [1.82, 2.24) is 0 Å². The van der Waals surface area contributed by atoms with Gasteiger partial charge in [-0.1, -0.05) is 54.6 Å². The third kappa shape index (κ3) is 4.70. The van der Waals surface area contributed by atoms with Gasteiger partial charge in [0.05, 0.1) is 16.4 Å². The minimum absolute atomic E-state index is 0.530. The normalized spacial score (nSPS) is 10.7. The third-order valence-electron chi connectivity index (χ3n) is 3.37. The van der Waals surface area contributed by atoms with Crippen LogP contribution in [0.3, 0.4) is 0 Å². The van der Waals surface area contributed by atoms with Crippen molar-refractivity contribution in [3.05, 3.63) is 94.5 Å². The van der Waals surface area contributed by atoms with Crippen molar-refractivity contribution in [2.24, 2.45) is 5.10 Å². The number of nitrogens with zero attached hydrogens (tertiary/aromatic N) is 1. The van der Waals surface area contributed by atoms with Gasteiger partial charge < -0.3 is 4.74 Å². The van der Waals surface area contributed by atoms with Crippen LogP contribution < -0.4 is 10.2 Å². The summed E-state index contributed by atoms with van der Waals surface area (Å²) in [5.74, 6) is 0.794. The number of hydrazone groups is 1. The lowest BCUT2D eigenvalue weighted by Gasteiger charge is -2.09. The molecule has 0 atom stereocenters. The van der Waals surface area contributed by atoms with Gasteiger partial charge in [0.15, 0.2) is 0 Å². The number of halogens is 1. The molecule has 1 N–H and O–H groups in total. The summed E-state index contributed by atoms with van der Waals surface area (Å²) in [5, 5.41) is 4.26. The molecule has 3 aromatic carbocycles. The largest absolute Gasteiger partial charge is 0.488 e. The summed E-state index contributed by atoms with van der Waals surface area (Å²) in [5.41, 5.74) is 6.05. The molecule has 3 rings (SSSR count). The second-order valence-corrected chi connectivity index (χ2v) is 6.05. The number of ether oxygens (including phenoxy) is 1. The number of hydrogen-bond acceptors (Lipinski definition) is 3. The van der Waals surface area contributed by atoms with E-state index in [-0.39, 0.29) is 0 Å². The van der Waals surface area contributed by atoms with Crippen molar-refractivity contribution >= 4 is 27.8 Å². The van der Waals surface area contributed by atoms with Crippen LogP contribution >= 0.6 is 15.9 Å². The van der Waals surface area contributed by atoms with Crippen LogP contribution in [0.25, 0.3) is 0 Å². The molecule has 0 spiro atoms. The summed E-state index contributed by atoms with van der Waals surface area (Å²) in [6, 6.07) is 25.8. The van der Waals surface area contributed by atoms with E-state index in [0.717, 1.165) is 27.0 Å². The predicted molar refractivity (Wildman–Crippen MR) is 103 cm³/mol. The summed E-state index contributed by atoms with van der Waals surface area (Å²) >= 11 is 3.52. The topological polar surface area (TPSA) is 33.6 Å². The van der Waals surface area contributed by atoms with Gasteiger partial charge in [0, 0.05) is 0 Å². The van der Waals surface area contributed by atoms with E-state index in [1.54, 1.807) is 6.21 Å². The molecule has 24 heavy (non-hydrogen) atoms. The van der Waals surface area contributed by atoms with Gasteiger partial charge in [-0.15, -0.1) is 0 Å². The number of benzene rings is 3. The molecule has 0 aliphatic heterocycles. The van der Waals surface area contributed by atoms with Crippen molar-refractivity contribution in [2.45, 2.75) is 6.61 Å². The molecule has 0 saturated heterocycles. The molecule has 0 amide bonds. The smallest absolute Gasteiger partial charge is 0.134 e. The van der Waals surface area contributed by atoms with Gasteiger partial charge >= 0.3 is 0 Å².